The summed E-state index contributed by atoms with van der Waals surface area (Å²) in [5.74, 6) is 1.34. The molecule has 2 heterocycles. The second-order valence-electron chi connectivity index (χ2n) is 6.72. The molecule has 6 N–H and O–H groups in total. The first-order valence-corrected chi connectivity index (χ1v) is 10.3. The zero-order valence-corrected chi connectivity index (χ0v) is 17.8. The van der Waals surface area contributed by atoms with Crippen molar-refractivity contribution >= 4 is 35.0 Å². The second kappa shape index (κ2) is 8.76. The molecule has 4 rings (SSSR count). The van der Waals surface area contributed by atoms with Gasteiger partial charge in [-0.1, -0.05) is 30.0 Å². The van der Waals surface area contributed by atoms with Gasteiger partial charge >= 0.3 is 0 Å². The molecule has 0 saturated heterocycles. The Bertz CT molecular complexity index is 1290. The minimum Gasteiger partial charge on any atom is -0.497 e. The summed E-state index contributed by atoms with van der Waals surface area (Å²) < 4.78 is 5.23. The normalized spacial score (nSPS) is 14.2. The van der Waals surface area contributed by atoms with E-state index in [0.717, 1.165) is 21.1 Å². The molecule has 0 aliphatic carbocycles. The summed E-state index contributed by atoms with van der Waals surface area (Å²) in [7, 11) is 1.62. The van der Waals surface area contributed by atoms with E-state index >= 15 is 0 Å². The number of nitrogen functional groups attached to an aromatic ring is 2. The third-order valence-electron chi connectivity index (χ3n) is 4.86. The van der Waals surface area contributed by atoms with Crippen molar-refractivity contribution in [3.63, 3.8) is 0 Å². The summed E-state index contributed by atoms with van der Waals surface area (Å²) in [5, 5.41) is 24.0. The molecule has 0 fully saturated rings. The van der Waals surface area contributed by atoms with Gasteiger partial charge in [0.1, 0.15) is 35.1 Å². The second-order valence-corrected chi connectivity index (χ2v) is 7.83. The zero-order valence-electron chi connectivity index (χ0n) is 17.0. The molecular weight excluding hydrogens is 424 g/mol. The Hall–Kier alpha value is -4.41. The van der Waals surface area contributed by atoms with Crippen molar-refractivity contribution < 1.29 is 4.74 Å². The Balaban J connectivity index is 1.84. The van der Waals surface area contributed by atoms with E-state index in [1.165, 1.54) is 0 Å². The lowest BCUT2D eigenvalue weighted by molar-refractivity contribution is 0.414. The maximum atomic E-state index is 9.51. The first kappa shape index (κ1) is 20.8. The molecule has 9 nitrogen and oxygen atoms in total. The van der Waals surface area contributed by atoms with Gasteiger partial charge in [-0.2, -0.15) is 10.5 Å². The molecule has 3 aromatic rings. The summed E-state index contributed by atoms with van der Waals surface area (Å²) >= 11 is 1.55. The molecule has 0 spiro atoms. The number of benzene rings is 2. The Morgan fingerprint density at radius 3 is 2.56 bits per heavy atom. The number of hydrogen-bond donors (Lipinski definition) is 4. The third-order valence-corrected chi connectivity index (χ3v) is 5.96. The van der Waals surface area contributed by atoms with Crippen molar-refractivity contribution in [2.45, 2.75) is 15.8 Å². The van der Waals surface area contributed by atoms with Crippen molar-refractivity contribution in [2.75, 3.05) is 23.9 Å². The number of nitriles is 2. The summed E-state index contributed by atoms with van der Waals surface area (Å²) in [4.78, 5) is 10.9. The Morgan fingerprint density at radius 2 is 1.88 bits per heavy atom. The molecule has 1 atom stereocenters. The molecule has 1 aliphatic heterocycles. The van der Waals surface area contributed by atoms with Crippen LogP contribution in [0.5, 0.6) is 5.75 Å². The van der Waals surface area contributed by atoms with Gasteiger partial charge < -0.3 is 21.5 Å². The topological polar surface area (TPSA) is 158 Å². The highest BCUT2D eigenvalue weighted by Crippen LogP contribution is 2.44. The Morgan fingerprint density at radius 1 is 1.12 bits per heavy atom. The van der Waals surface area contributed by atoms with E-state index in [-0.39, 0.29) is 23.0 Å². The van der Waals surface area contributed by atoms with Crippen LogP contribution in [0.4, 0.5) is 17.3 Å². The van der Waals surface area contributed by atoms with Gasteiger partial charge in [0.25, 0.3) is 0 Å². The number of ether oxygens (including phenoxy) is 1. The summed E-state index contributed by atoms with van der Waals surface area (Å²) in [5.41, 5.74) is 13.9. The number of nitrogens with zero attached hydrogens (tertiary/aromatic N) is 4. The molecule has 0 radical (unpaired) electrons. The van der Waals surface area contributed by atoms with Gasteiger partial charge in [0, 0.05) is 15.4 Å². The molecule has 0 amide bonds. The fraction of sp³-hybridized carbons (Fsp3) is 0.0909. The van der Waals surface area contributed by atoms with E-state index in [2.05, 4.69) is 20.6 Å². The largest absolute Gasteiger partial charge is 0.497 e. The van der Waals surface area contributed by atoms with Crippen molar-refractivity contribution in [3.8, 4) is 18.0 Å². The number of nitrogens with one attached hydrogen (secondary N) is 2. The van der Waals surface area contributed by atoms with Crippen LogP contribution in [0.15, 0.2) is 63.3 Å². The van der Waals surface area contributed by atoms with Crippen molar-refractivity contribution in [2.24, 2.45) is 4.99 Å². The molecule has 32 heavy (non-hydrogen) atoms. The summed E-state index contributed by atoms with van der Waals surface area (Å²) in [6.45, 7) is 0. The van der Waals surface area contributed by atoms with Gasteiger partial charge in [-0.25, -0.2) is 9.98 Å². The predicted octanol–water partition coefficient (Wildman–Crippen LogP) is 3.22. The van der Waals surface area contributed by atoms with Crippen LogP contribution in [0, 0.1) is 22.8 Å². The number of nitrogens with two attached hydrogens (primary N) is 2. The monoisotopic (exact) mass is 442 g/mol. The number of aliphatic imine (C=N–C) groups is 1. The van der Waals surface area contributed by atoms with Crippen LogP contribution < -0.4 is 26.8 Å². The van der Waals surface area contributed by atoms with E-state index in [1.54, 1.807) is 18.9 Å². The van der Waals surface area contributed by atoms with E-state index < -0.39 is 6.04 Å². The third kappa shape index (κ3) is 3.83. The smallest absolute Gasteiger partial charge is 0.211 e. The SMILES string of the molecule is COc1ccc(Sc2ccccc2C2N=C(NC#N)Nc3nc(N)c(C#N)c(N)c32)cc1. The van der Waals surface area contributed by atoms with Gasteiger partial charge in [0.2, 0.25) is 5.96 Å². The molecule has 0 saturated carbocycles. The predicted molar refractivity (Wildman–Crippen MR) is 123 cm³/mol. The molecule has 2 aromatic carbocycles. The number of fused-ring (bicyclic) bond motifs is 1. The Kier molecular flexibility index (Phi) is 5.71. The molecular formula is C22H18N8OS. The van der Waals surface area contributed by atoms with Crippen LogP contribution in [0.2, 0.25) is 0 Å². The number of pyridine rings is 1. The van der Waals surface area contributed by atoms with Crippen LogP contribution >= 0.6 is 11.8 Å². The molecule has 1 aromatic heterocycles. The summed E-state index contributed by atoms with van der Waals surface area (Å²) in [6.07, 6.45) is 1.85. The average molecular weight is 443 g/mol. The number of rotatable bonds is 4. The number of methoxy groups -OCH3 is 1. The van der Waals surface area contributed by atoms with Crippen LogP contribution in [0.25, 0.3) is 0 Å². The van der Waals surface area contributed by atoms with Gasteiger partial charge in [-0.05, 0) is 35.9 Å². The standard InChI is InChI=1S/C22H18N8OS/c1-31-12-6-8-13(9-7-12)32-16-5-3-2-4-14(16)19-17-18(25)15(10-23)20(26)29-21(17)30-22(28-19)27-11-24/h2-9,19H,1H3,(H6,25,26,27,28,29,30). The Labute approximate surface area is 188 Å². The average Bonchev–Trinajstić information content (AvgIpc) is 2.80. The molecule has 1 aliphatic rings. The maximum absolute atomic E-state index is 9.51. The molecule has 0 bridgehead atoms. The highest BCUT2D eigenvalue weighted by molar-refractivity contribution is 7.99. The fourth-order valence-corrected chi connectivity index (χ4v) is 4.35. The van der Waals surface area contributed by atoms with Gasteiger partial charge in [0.05, 0.1) is 12.8 Å². The molecule has 10 heteroatoms. The fourth-order valence-electron chi connectivity index (χ4n) is 3.38. The highest BCUT2D eigenvalue weighted by atomic mass is 32.2. The minimum atomic E-state index is -0.607. The highest BCUT2D eigenvalue weighted by Gasteiger charge is 2.31. The van der Waals surface area contributed by atoms with Crippen molar-refractivity contribution in [1.82, 2.24) is 10.3 Å². The quantitative estimate of drug-likeness (QED) is 0.351. The molecule has 158 valence electrons. The van der Waals surface area contributed by atoms with E-state index in [4.69, 9.17) is 21.5 Å². The number of guanidine groups is 1. The van der Waals surface area contributed by atoms with Gasteiger partial charge in [-0.15, -0.1) is 0 Å². The first-order chi connectivity index (χ1) is 15.5. The van der Waals surface area contributed by atoms with Crippen molar-refractivity contribution in [3.05, 3.63) is 65.2 Å². The number of anilines is 3. The number of aromatic nitrogens is 1. The van der Waals surface area contributed by atoms with E-state index in [9.17, 15) is 5.26 Å². The lowest BCUT2D eigenvalue weighted by Crippen LogP contribution is -2.32. The number of hydrogen-bond acceptors (Lipinski definition) is 10. The lowest BCUT2D eigenvalue weighted by atomic mass is 9.95. The minimum absolute atomic E-state index is 0.00843. The van der Waals surface area contributed by atoms with Crippen LogP contribution in [0.1, 0.15) is 22.7 Å². The van der Waals surface area contributed by atoms with Crippen molar-refractivity contribution in [1.29, 1.82) is 10.5 Å². The van der Waals surface area contributed by atoms with Gasteiger partial charge in [0.15, 0.2) is 6.19 Å². The zero-order chi connectivity index (χ0) is 22.7. The van der Waals surface area contributed by atoms with E-state index in [1.807, 2.05) is 60.8 Å². The first-order valence-electron chi connectivity index (χ1n) is 9.45. The lowest BCUT2D eigenvalue weighted by Gasteiger charge is -2.27. The van der Waals surface area contributed by atoms with Crippen LogP contribution in [-0.4, -0.2) is 18.1 Å². The van der Waals surface area contributed by atoms with Crippen LogP contribution in [-0.2, 0) is 0 Å². The van der Waals surface area contributed by atoms with E-state index in [0.29, 0.717) is 11.4 Å². The van der Waals surface area contributed by atoms with Crippen LogP contribution in [0.3, 0.4) is 0 Å². The molecule has 1 unspecified atom stereocenters. The summed E-state index contributed by atoms with van der Waals surface area (Å²) in [6, 6.07) is 16.9. The maximum Gasteiger partial charge on any atom is 0.211 e. The van der Waals surface area contributed by atoms with Gasteiger partial charge in [-0.3, -0.25) is 5.32 Å².